The molecule has 132 valence electrons. The van der Waals surface area contributed by atoms with Crippen LogP contribution in [0.4, 0.5) is 18.9 Å². The summed E-state index contributed by atoms with van der Waals surface area (Å²) in [5.41, 5.74) is 0.149. The summed E-state index contributed by atoms with van der Waals surface area (Å²) >= 11 is 0. The van der Waals surface area contributed by atoms with Crippen molar-refractivity contribution < 1.29 is 32.6 Å². The zero-order chi connectivity index (χ0) is 18.6. The lowest BCUT2D eigenvalue weighted by molar-refractivity contribution is -0.274. The van der Waals surface area contributed by atoms with Gasteiger partial charge in [0.1, 0.15) is 5.75 Å². The number of nitrogens with zero attached hydrogens (tertiary/aromatic N) is 1. The number of carbonyl (C=O) groups excluding carboxylic acids is 1. The van der Waals surface area contributed by atoms with Gasteiger partial charge in [0, 0.05) is 12.2 Å². The molecule has 0 saturated heterocycles. The maximum Gasteiger partial charge on any atom is 0.573 e. The minimum atomic E-state index is -4.92. The first-order chi connectivity index (χ1) is 11.7. The van der Waals surface area contributed by atoms with Crippen molar-refractivity contribution in [2.45, 2.75) is 13.3 Å². The molecule has 0 radical (unpaired) electrons. The molecule has 0 aliphatic carbocycles. The van der Waals surface area contributed by atoms with Crippen LogP contribution >= 0.6 is 0 Å². The first kappa shape index (κ1) is 18.3. The molecule has 0 aliphatic heterocycles. The van der Waals surface area contributed by atoms with E-state index in [9.17, 15) is 22.8 Å². The van der Waals surface area contributed by atoms with E-state index in [0.717, 1.165) is 6.07 Å². The third kappa shape index (κ3) is 4.50. The van der Waals surface area contributed by atoms with Crippen LogP contribution in [0.5, 0.6) is 5.75 Å². The van der Waals surface area contributed by atoms with Crippen LogP contribution in [0.3, 0.4) is 0 Å². The van der Waals surface area contributed by atoms with Crippen molar-refractivity contribution in [2.75, 3.05) is 11.4 Å². The Balaban J connectivity index is 2.36. The van der Waals surface area contributed by atoms with Crippen molar-refractivity contribution in [2.24, 2.45) is 0 Å². The van der Waals surface area contributed by atoms with E-state index in [0.29, 0.717) is 5.69 Å². The van der Waals surface area contributed by atoms with Gasteiger partial charge in [0.25, 0.3) is 5.91 Å². The molecule has 0 heterocycles. The minimum absolute atomic E-state index is 0.0352. The summed E-state index contributed by atoms with van der Waals surface area (Å²) in [6.07, 6.45) is -4.92. The first-order valence-electron chi connectivity index (χ1n) is 7.23. The van der Waals surface area contributed by atoms with Crippen molar-refractivity contribution in [3.8, 4) is 5.75 Å². The molecule has 0 bridgehead atoms. The maximum absolute atomic E-state index is 12.7. The average molecular weight is 353 g/mol. The summed E-state index contributed by atoms with van der Waals surface area (Å²) < 4.78 is 41.4. The molecule has 0 spiro atoms. The van der Waals surface area contributed by atoms with Gasteiger partial charge in [-0.25, -0.2) is 4.79 Å². The zero-order valence-electron chi connectivity index (χ0n) is 13.1. The highest BCUT2D eigenvalue weighted by atomic mass is 19.4. The predicted octanol–water partition coefficient (Wildman–Crippen LogP) is 3.95. The lowest BCUT2D eigenvalue weighted by Crippen LogP contribution is -2.31. The number of ether oxygens (including phenoxy) is 1. The predicted molar refractivity (Wildman–Crippen MR) is 83.9 cm³/mol. The second-order valence-electron chi connectivity index (χ2n) is 4.95. The number of hydrogen-bond acceptors (Lipinski definition) is 3. The molecule has 8 heteroatoms. The number of anilines is 1. The van der Waals surface area contributed by atoms with Gasteiger partial charge in [-0.3, -0.25) is 4.79 Å². The Hall–Kier alpha value is -3.03. The lowest BCUT2D eigenvalue weighted by atomic mass is 10.1. The summed E-state index contributed by atoms with van der Waals surface area (Å²) in [5.74, 6) is -2.41. The number of hydrogen-bond donors (Lipinski definition) is 1. The van der Waals surface area contributed by atoms with Crippen LogP contribution in [0.2, 0.25) is 0 Å². The highest BCUT2D eigenvalue weighted by Crippen LogP contribution is 2.28. The van der Waals surface area contributed by atoms with Gasteiger partial charge in [-0.2, -0.15) is 0 Å². The molecular weight excluding hydrogens is 339 g/mol. The quantitative estimate of drug-likeness (QED) is 0.884. The van der Waals surface area contributed by atoms with Crippen molar-refractivity contribution in [3.05, 3.63) is 59.7 Å². The van der Waals surface area contributed by atoms with Crippen molar-refractivity contribution >= 4 is 17.6 Å². The molecular formula is C17H14F3NO4. The lowest BCUT2D eigenvalue weighted by Gasteiger charge is -2.22. The Morgan fingerprint density at radius 1 is 1.08 bits per heavy atom. The Labute approximate surface area is 141 Å². The number of carbonyl (C=O) groups is 2. The van der Waals surface area contributed by atoms with Gasteiger partial charge in [-0.05, 0) is 43.3 Å². The van der Waals surface area contributed by atoms with Gasteiger partial charge in [-0.15, -0.1) is 13.2 Å². The number of halogens is 3. The van der Waals surface area contributed by atoms with Gasteiger partial charge in [0.2, 0.25) is 0 Å². The standard InChI is InChI=1S/C17H14F3NO4/c1-2-21(12-9-7-11(8-10-12)16(23)24)15(22)13-5-3-4-6-14(13)25-17(18,19)20/h3-10H,2H2,1H3,(H,23,24). The van der Waals surface area contributed by atoms with Gasteiger partial charge in [0.15, 0.2) is 0 Å². The fourth-order valence-corrected chi connectivity index (χ4v) is 2.23. The zero-order valence-corrected chi connectivity index (χ0v) is 13.1. The summed E-state index contributed by atoms with van der Waals surface area (Å²) in [4.78, 5) is 24.8. The molecule has 0 unspecified atom stereocenters. The number of benzene rings is 2. The second kappa shape index (κ2) is 7.25. The van der Waals surface area contributed by atoms with E-state index in [1.54, 1.807) is 6.92 Å². The van der Waals surface area contributed by atoms with Crippen LogP contribution in [-0.2, 0) is 0 Å². The number of para-hydroxylation sites is 1. The molecule has 2 aromatic rings. The molecule has 0 aromatic heterocycles. The van der Waals surface area contributed by atoms with Crippen LogP contribution in [0.25, 0.3) is 0 Å². The molecule has 0 saturated carbocycles. The molecule has 0 fully saturated rings. The molecule has 1 N–H and O–H groups in total. The first-order valence-corrected chi connectivity index (χ1v) is 7.23. The van der Waals surface area contributed by atoms with Crippen molar-refractivity contribution in [1.29, 1.82) is 0 Å². The smallest absolute Gasteiger partial charge is 0.478 e. The second-order valence-corrected chi connectivity index (χ2v) is 4.95. The molecule has 2 aromatic carbocycles. The van der Waals surface area contributed by atoms with E-state index < -0.39 is 24.0 Å². The number of rotatable bonds is 5. The molecule has 0 aliphatic rings. The van der Waals surface area contributed by atoms with E-state index >= 15 is 0 Å². The van der Waals surface area contributed by atoms with Crippen molar-refractivity contribution in [1.82, 2.24) is 0 Å². The number of amides is 1. The largest absolute Gasteiger partial charge is 0.573 e. The highest BCUT2D eigenvalue weighted by molar-refractivity contribution is 6.08. The van der Waals surface area contributed by atoms with Gasteiger partial charge in [-0.1, -0.05) is 12.1 Å². The fraction of sp³-hybridized carbons (Fsp3) is 0.176. The summed E-state index contributed by atoms with van der Waals surface area (Å²) in [7, 11) is 0. The Morgan fingerprint density at radius 3 is 2.20 bits per heavy atom. The molecule has 25 heavy (non-hydrogen) atoms. The topological polar surface area (TPSA) is 66.8 Å². The van der Waals surface area contributed by atoms with Crippen molar-refractivity contribution in [3.63, 3.8) is 0 Å². The summed E-state index contributed by atoms with van der Waals surface area (Å²) in [6.45, 7) is 1.82. The Morgan fingerprint density at radius 2 is 1.68 bits per heavy atom. The van der Waals surface area contributed by atoms with E-state index in [2.05, 4.69) is 4.74 Å². The van der Waals surface area contributed by atoms with Gasteiger partial charge in [0.05, 0.1) is 11.1 Å². The third-order valence-electron chi connectivity index (χ3n) is 3.33. The van der Waals surface area contributed by atoms with Crippen LogP contribution < -0.4 is 9.64 Å². The van der Waals surface area contributed by atoms with Gasteiger partial charge >= 0.3 is 12.3 Å². The minimum Gasteiger partial charge on any atom is -0.478 e. The van der Waals surface area contributed by atoms with Crippen LogP contribution in [0, 0.1) is 0 Å². The normalized spacial score (nSPS) is 11.0. The van der Waals surface area contributed by atoms with Crippen LogP contribution in [0.15, 0.2) is 48.5 Å². The number of alkyl halides is 3. The molecule has 1 amide bonds. The highest BCUT2D eigenvalue weighted by Gasteiger charge is 2.33. The number of carboxylic acids is 1. The monoisotopic (exact) mass is 353 g/mol. The van der Waals surface area contributed by atoms with Crippen LogP contribution in [-0.4, -0.2) is 29.9 Å². The molecule has 5 nitrogen and oxygen atoms in total. The average Bonchev–Trinajstić information content (AvgIpc) is 2.55. The van der Waals surface area contributed by atoms with Gasteiger partial charge < -0.3 is 14.7 Å². The SMILES string of the molecule is CCN(C(=O)c1ccccc1OC(F)(F)F)c1ccc(C(=O)O)cc1. The van der Waals surface area contributed by atoms with E-state index in [4.69, 9.17) is 5.11 Å². The van der Waals surface area contributed by atoms with E-state index in [1.165, 1.54) is 47.4 Å². The number of aromatic carboxylic acids is 1. The Kier molecular flexibility index (Phi) is 5.31. The molecule has 0 atom stereocenters. The van der Waals surface area contributed by atoms with E-state index in [-0.39, 0.29) is 17.7 Å². The maximum atomic E-state index is 12.7. The summed E-state index contributed by atoms with van der Waals surface area (Å²) in [5, 5.41) is 8.90. The number of carboxylic acid groups (broad SMARTS) is 1. The van der Waals surface area contributed by atoms with Crippen LogP contribution in [0.1, 0.15) is 27.6 Å². The Bertz CT molecular complexity index is 772. The fourth-order valence-electron chi connectivity index (χ4n) is 2.23. The van der Waals surface area contributed by atoms with E-state index in [1.807, 2.05) is 0 Å². The summed E-state index contributed by atoms with van der Waals surface area (Å²) in [6, 6.07) is 10.5. The third-order valence-corrected chi connectivity index (χ3v) is 3.33. The molecule has 2 rings (SSSR count).